The van der Waals surface area contributed by atoms with Gasteiger partial charge in [-0.05, 0) is 42.5 Å². The molecule has 0 saturated heterocycles. The largest absolute Gasteiger partial charge is 0.457 e. The van der Waals surface area contributed by atoms with Gasteiger partial charge in [-0.3, -0.25) is 4.99 Å². The molecular weight excluding hydrogens is 347 g/mol. The standard InChI is InChI=1S/C17H16F3N5O/c18-15-4-3-12(5-14(15)16(19)20)22-8-13(25-21)9-26-17-23-6-11(7-24-17)10-1-2-10/h3-8,10,16H,1-2,9,21H2. The van der Waals surface area contributed by atoms with Gasteiger partial charge in [0.25, 0.3) is 6.43 Å². The second-order valence-corrected chi connectivity index (χ2v) is 5.75. The summed E-state index contributed by atoms with van der Waals surface area (Å²) in [7, 11) is 0. The van der Waals surface area contributed by atoms with Crippen molar-refractivity contribution >= 4 is 17.6 Å². The second kappa shape index (κ2) is 7.94. The van der Waals surface area contributed by atoms with Crippen LogP contribution in [0.3, 0.4) is 0 Å². The van der Waals surface area contributed by atoms with E-state index < -0.39 is 17.8 Å². The summed E-state index contributed by atoms with van der Waals surface area (Å²) < 4.78 is 44.0. The molecule has 0 aliphatic heterocycles. The smallest absolute Gasteiger partial charge is 0.316 e. The zero-order valence-electron chi connectivity index (χ0n) is 13.6. The number of hydrazone groups is 1. The monoisotopic (exact) mass is 363 g/mol. The highest BCUT2D eigenvalue weighted by Crippen LogP contribution is 2.39. The van der Waals surface area contributed by atoms with Crippen LogP contribution in [-0.4, -0.2) is 28.5 Å². The molecule has 136 valence electrons. The summed E-state index contributed by atoms with van der Waals surface area (Å²) in [5.41, 5.74) is 0.750. The van der Waals surface area contributed by atoms with Crippen LogP contribution in [0.2, 0.25) is 0 Å². The van der Waals surface area contributed by atoms with Gasteiger partial charge in [0.2, 0.25) is 0 Å². The van der Waals surface area contributed by atoms with Crippen LogP contribution in [0.25, 0.3) is 0 Å². The van der Waals surface area contributed by atoms with E-state index >= 15 is 0 Å². The first-order valence-electron chi connectivity index (χ1n) is 7.90. The minimum absolute atomic E-state index is 0.0499. The topological polar surface area (TPSA) is 85.8 Å². The summed E-state index contributed by atoms with van der Waals surface area (Å²) in [5.74, 6) is 4.83. The highest BCUT2D eigenvalue weighted by atomic mass is 19.3. The Morgan fingerprint density at radius 1 is 1.31 bits per heavy atom. The Bertz CT molecular complexity index is 820. The molecule has 2 aromatic rings. The Hall–Kier alpha value is -2.97. The maximum atomic E-state index is 13.3. The van der Waals surface area contributed by atoms with Crippen molar-refractivity contribution in [3.8, 4) is 6.01 Å². The van der Waals surface area contributed by atoms with Crippen molar-refractivity contribution in [2.45, 2.75) is 25.2 Å². The quantitative estimate of drug-likeness (QED) is 0.463. The van der Waals surface area contributed by atoms with E-state index in [0.29, 0.717) is 5.92 Å². The predicted molar refractivity (Wildman–Crippen MR) is 90.6 cm³/mol. The molecule has 1 fully saturated rings. The normalized spacial score (nSPS) is 15.0. The zero-order chi connectivity index (χ0) is 18.5. The third-order valence-electron chi connectivity index (χ3n) is 3.79. The van der Waals surface area contributed by atoms with Crippen LogP contribution in [0.1, 0.15) is 36.3 Å². The molecule has 0 atom stereocenters. The molecule has 2 N–H and O–H groups in total. The fraction of sp³-hybridized carbons (Fsp3) is 0.294. The molecular formula is C17H16F3N5O. The van der Waals surface area contributed by atoms with Crippen LogP contribution in [0, 0.1) is 5.82 Å². The molecule has 0 unspecified atom stereocenters. The summed E-state index contributed by atoms with van der Waals surface area (Å²) in [6, 6.07) is 3.34. The van der Waals surface area contributed by atoms with Gasteiger partial charge in [0, 0.05) is 12.4 Å². The highest BCUT2D eigenvalue weighted by Gasteiger charge is 2.24. The number of alkyl halides is 2. The number of benzene rings is 1. The van der Waals surface area contributed by atoms with E-state index in [2.05, 4.69) is 20.1 Å². The van der Waals surface area contributed by atoms with Gasteiger partial charge < -0.3 is 10.6 Å². The van der Waals surface area contributed by atoms with Crippen LogP contribution in [0.5, 0.6) is 6.01 Å². The number of hydrogen-bond donors (Lipinski definition) is 1. The highest BCUT2D eigenvalue weighted by molar-refractivity contribution is 6.31. The van der Waals surface area contributed by atoms with Gasteiger partial charge in [-0.15, -0.1) is 0 Å². The lowest BCUT2D eigenvalue weighted by Gasteiger charge is -2.05. The second-order valence-electron chi connectivity index (χ2n) is 5.75. The maximum Gasteiger partial charge on any atom is 0.316 e. The lowest BCUT2D eigenvalue weighted by Crippen LogP contribution is -2.16. The van der Waals surface area contributed by atoms with E-state index in [4.69, 9.17) is 10.6 Å². The van der Waals surface area contributed by atoms with Crippen molar-refractivity contribution < 1.29 is 17.9 Å². The summed E-state index contributed by atoms with van der Waals surface area (Å²) in [5, 5.41) is 3.51. The van der Waals surface area contributed by atoms with Crippen molar-refractivity contribution in [3.05, 3.63) is 47.5 Å². The molecule has 1 aliphatic rings. The van der Waals surface area contributed by atoms with Crippen LogP contribution < -0.4 is 10.6 Å². The molecule has 1 aliphatic carbocycles. The summed E-state index contributed by atoms with van der Waals surface area (Å²) in [6.07, 6.45) is 4.07. The number of rotatable bonds is 7. The number of aliphatic imine (C=N–C) groups is 1. The SMILES string of the molecule is NN=C(C=Nc1ccc(F)c(C(F)F)c1)COc1ncc(C2CC2)cn1. The molecule has 3 rings (SSSR count). The van der Waals surface area contributed by atoms with Crippen LogP contribution in [0.4, 0.5) is 18.9 Å². The lowest BCUT2D eigenvalue weighted by atomic mass is 10.2. The molecule has 0 spiro atoms. The van der Waals surface area contributed by atoms with Gasteiger partial charge in [0.1, 0.15) is 18.1 Å². The average molecular weight is 363 g/mol. The number of nitrogens with zero attached hydrogens (tertiary/aromatic N) is 4. The minimum atomic E-state index is -2.92. The molecule has 6 nitrogen and oxygen atoms in total. The fourth-order valence-electron chi connectivity index (χ4n) is 2.20. The Balaban J connectivity index is 1.60. The van der Waals surface area contributed by atoms with E-state index in [9.17, 15) is 13.2 Å². The van der Waals surface area contributed by atoms with E-state index in [1.807, 2.05) is 0 Å². The van der Waals surface area contributed by atoms with Crippen molar-refractivity contribution in [2.75, 3.05) is 6.61 Å². The fourth-order valence-corrected chi connectivity index (χ4v) is 2.20. The van der Waals surface area contributed by atoms with E-state index in [0.717, 1.165) is 30.5 Å². The molecule has 1 aromatic heterocycles. The molecule has 9 heteroatoms. The summed E-state index contributed by atoms with van der Waals surface area (Å²) >= 11 is 0. The number of hydrogen-bond acceptors (Lipinski definition) is 6. The van der Waals surface area contributed by atoms with Gasteiger partial charge in [-0.1, -0.05) is 0 Å². The first-order chi connectivity index (χ1) is 12.6. The van der Waals surface area contributed by atoms with Crippen molar-refractivity contribution in [1.29, 1.82) is 0 Å². The third-order valence-corrected chi connectivity index (χ3v) is 3.79. The van der Waals surface area contributed by atoms with Gasteiger partial charge in [0.05, 0.1) is 17.5 Å². The van der Waals surface area contributed by atoms with E-state index in [1.165, 1.54) is 12.3 Å². The number of halogens is 3. The first kappa shape index (κ1) is 17.8. The Morgan fingerprint density at radius 2 is 2.04 bits per heavy atom. The third kappa shape index (κ3) is 4.56. The first-order valence-corrected chi connectivity index (χ1v) is 7.90. The van der Waals surface area contributed by atoms with Gasteiger partial charge in [0.15, 0.2) is 0 Å². The van der Waals surface area contributed by atoms with Crippen LogP contribution in [-0.2, 0) is 0 Å². The Kier molecular flexibility index (Phi) is 5.45. The molecule has 26 heavy (non-hydrogen) atoms. The van der Waals surface area contributed by atoms with Crippen molar-refractivity contribution in [3.63, 3.8) is 0 Å². The molecule has 1 aromatic carbocycles. The van der Waals surface area contributed by atoms with Crippen LogP contribution >= 0.6 is 0 Å². The lowest BCUT2D eigenvalue weighted by molar-refractivity contribution is 0.146. The van der Waals surface area contributed by atoms with Crippen molar-refractivity contribution in [2.24, 2.45) is 15.9 Å². The van der Waals surface area contributed by atoms with E-state index in [1.54, 1.807) is 12.4 Å². The molecule has 1 saturated carbocycles. The molecule has 0 amide bonds. The van der Waals surface area contributed by atoms with Gasteiger partial charge >= 0.3 is 6.01 Å². The average Bonchev–Trinajstić information content (AvgIpc) is 3.48. The molecule has 0 radical (unpaired) electrons. The molecule has 1 heterocycles. The summed E-state index contributed by atoms with van der Waals surface area (Å²) in [6.45, 7) is -0.0499. The van der Waals surface area contributed by atoms with Crippen LogP contribution in [0.15, 0.2) is 40.7 Å². The Morgan fingerprint density at radius 3 is 2.65 bits per heavy atom. The predicted octanol–water partition coefficient (Wildman–Crippen LogP) is 3.53. The summed E-state index contributed by atoms with van der Waals surface area (Å²) in [4.78, 5) is 12.2. The number of aromatic nitrogens is 2. The molecule has 0 bridgehead atoms. The number of nitrogens with two attached hydrogens (primary N) is 1. The van der Waals surface area contributed by atoms with Crippen molar-refractivity contribution in [1.82, 2.24) is 9.97 Å². The van der Waals surface area contributed by atoms with E-state index in [-0.39, 0.29) is 24.0 Å². The Labute approximate surface area is 147 Å². The number of ether oxygens (including phenoxy) is 1. The van der Waals surface area contributed by atoms with Gasteiger partial charge in [-0.2, -0.15) is 5.10 Å². The maximum absolute atomic E-state index is 13.3. The van der Waals surface area contributed by atoms with Gasteiger partial charge in [-0.25, -0.2) is 23.1 Å². The minimum Gasteiger partial charge on any atom is -0.457 e. The zero-order valence-corrected chi connectivity index (χ0v) is 13.6.